The highest BCUT2D eigenvalue weighted by atomic mass is 32.7. The minimum atomic E-state index is -5.70. The first-order valence-corrected chi connectivity index (χ1v) is 18.1. The topological polar surface area (TPSA) is 277 Å². The number of ether oxygens (including phenoxy) is 1. The van der Waals surface area contributed by atoms with E-state index in [0.717, 1.165) is 25.5 Å². The Morgan fingerprint density at radius 2 is 1.73 bits per heavy atom. The second kappa shape index (κ2) is 12.9. The van der Waals surface area contributed by atoms with E-state index in [4.69, 9.17) is 4.74 Å². The average molecular weight is 655 g/mol. The first kappa shape index (κ1) is 33.8. The van der Waals surface area contributed by atoms with Crippen molar-refractivity contribution in [3.05, 3.63) is 22.7 Å². The number of aliphatic hydroxyl groups is 4. The maximum Gasteiger partial charge on any atom is 0.488 e. The molecule has 3 rings (SSSR count). The molecular formula is C18H32N3O15P3S. The van der Waals surface area contributed by atoms with Gasteiger partial charge < -0.3 is 45.2 Å². The highest BCUT2D eigenvalue weighted by Gasteiger charge is 2.67. The van der Waals surface area contributed by atoms with Gasteiger partial charge in [0.2, 0.25) is 0 Å². The van der Waals surface area contributed by atoms with Crippen LogP contribution in [0.4, 0.5) is 5.82 Å². The summed E-state index contributed by atoms with van der Waals surface area (Å²) in [5, 5.41) is 43.8. The summed E-state index contributed by atoms with van der Waals surface area (Å²) in [5.74, 6) is -7.09. The molecule has 0 radical (unpaired) electrons. The van der Waals surface area contributed by atoms with Gasteiger partial charge >= 0.3 is 28.1 Å². The van der Waals surface area contributed by atoms with Gasteiger partial charge in [-0.2, -0.15) is 13.6 Å². The number of aromatic nitrogens is 2. The fourth-order valence-corrected chi connectivity index (χ4v) is 10.9. The molecule has 5 unspecified atom stereocenters. The predicted molar refractivity (Wildman–Crippen MR) is 138 cm³/mol. The maximum absolute atomic E-state index is 12.4. The quantitative estimate of drug-likeness (QED) is 0.107. The number of nitrogens with zero attached hydrogens (tertiary/aromatic N) is 2. The Kier molecular flexibility index (Phi) is 10.9. The fourth-order valence-electron chi connectivity index (χ4n) is 3.96. The number of hydrogen-bond donors (Lipinski definition) is 8. The third-order valence-electron chi connectivity index (χ3n) is 5.90. The van der Waals surface area contributed by atoms with Gasteiger partial charge in [0.1, 0.15) is 11.9 Å². The summed E-state index contributed by atoms with van der Waals surface area (Å²) in [7, 11) is -11.3. The van der Waals surface area contributed by atoms with Gasteiger partial charge in [-0.05, 0) is 36.7 Å². The molecule has 40 heavy (non-hydrogen) atoms. The van der Waals surface area contributed by atoms with Crippen LogP contribution in [0.15, 0.2) is 17.1 Å². The first-order valence-electron chi connectivity index (χ1n) is 12.0. The lowest BCUT2D eigenvalue weighted by molar-refractivity contribution is -0.355. The summed E-state index contributed by atoms with van der Waals surface area (Å²) in [5.41, 5.74) is -1.09. The molecule has 1 aliphatic carbocycles. The van der Waals surface area contributed by atoms with E-state index >= 15 is 0 Å². The highest BCUT2D eigenvalue weighted by Crippen LogP contribution is 2.72. The van der Waals surface area contributed by atoms with Crippen molar-refractivity contribution in [2.45, 2.75) is 74.6 Å². The van der Waals surface area contributed by atoms with Crippen molar-refractivity contribution in [1.29, 1.82) is 0 Å². The third kappa shape index (κ3) is 8.43. The summed E-state index contributed by atoms with van der Waals surface area (Å²) in [6, 6.07) is 1.26. The van der Waals surface area contributed by atoms with Crippen LogP contribution in [0.5, 0.6) is 0 Å². The average Bonchev–Trinajstić information content (AvgIpc) is 2.99. The van der Waals surface area contributed by atoms with Gasteiger partial charge in [0, 0.05) is 18.0 Å². The lowest BCUT2D eigenvalue weighted by atomic mass is 10.0. The monoisotopic (exact) mass is 655 g/mol. The molecule has 5 atom stereocenters. The number of rotatable bonds is 13. The van der Waals surface area contributed by atoms with Crippen molar-refractivity contribution in [3.63, 3.8) is 0 Å². The van der Waals surface area contributed by atoms with Crippen molar-refractivity contribution in [2.75, 3.05) is 18.5 Å². The third-order valence-corrected chi connectivity index (χ3v) is 13.0. The first-order chi connectivity index (χ1) is 18.4. The van der Waals surface area contributed by atoms with Crippen LogP contribution in [0, 0.1) is 0 Å². The standard InChI is InChI=1S/C18H32N3O15P3S/c1-2-9-19-14-8-10-21(16(22)20-14)15-18(25,26)17(23,24)13(34-15)11-33-37(27,28)35-38(29,30)36-39(31,32)40-12-6-4-3-5-7-12/h8,10,12-13,15,23-26H,2-7,9,11H2,1H3,(H,27,28)(H,29,30)(H,31,32)(H,19,20,22). The number of anilines is 1. The van der Waals surface area contributed by atoms with E-state index in [1.54, 1.807) is 0 Å². The Labute approximate surface area is 231 Å². The second-order valence-corrected chi connectivity index (χ2v) is 16.4. The summed E-state index contributed by atoms with van der Waals surface area (Å²) in [6.45, 7) is -3.87. The lowest BCUT2D eigenvalue weighted by Crippen LogP contribution is -2.59. The molecule has 1 saturated heterocycles. The summed E-state index contributed by atoms with van der Waals surface area (Å²) >= 11 is 0.399. The zero-order valence-corrected chi connectivity index (χ0v) is 24.6. The summed E-state index contributed by atoms with van der Waals surface area (Å²) in [4.78, 5) is 45.7. The highest BCUT2D eigenvalue weighted by molar-refractivity contribution is 8.55. The molecule has 0 aromatic carbocycles. The van der Waals surface area contributed by atoms with Gasteiger partial charge in [0.25, 0.3) is 11.6 Å². The molecule has 2 fully saturated rings. The molecule has 1 aromatic rings. The van der Waals surface area contributed by atoms with E-state index in [9.17, 15) is 53.6 Å². The molecule has 0 spiro atoms. The second-order valence-electron chi connectivity index (χ2n) is 9.09. The van der Waals surface area contributed by atoms with E-state index in [1.807, 2.05) is 6.92 Å². The van der Waals surface area contributed by atoms with Crippen LogP contribution in [-0.4, -0.2) is 80.7 Å². The summed E-state index contributed by atoms with van der Waals surface area (Å²) in [6.07, 6.45) is 0.857. The van der Waals surface area contributed by atoms with E-state index in [2.05, 4.69) is 23.4 Å². The van der Waals surface area contributed by atoms with Crippen LogP contribution in [-0.2, 0) is 31.6 Å². The van der Waals surface area contributed by atoms with Crippen LogP contribution < -0.4 is 11.0 Å². The van der Waals surface area contributed by atoms with Crippen molar-refractivity contribution in [2.24, 2.45) is 0 Å². The van der Waals surface area contributed by atoms with Gasteiger partial charge in [-0.15, -0.1) is 0 Å². The number of nitrogens with one attached hydrogen (secondary N) is 1. The van der Waals surface area contributed by atoms with E-state index < -0.39 is 58.6 Å². The van der Waals surface area contributed by atoms with Crippen LogP contribution in [0.3, 0.4) is 0 Å². The Bertz CT molecular complexity index is 1240. The Morgan fingerprint density at radius 1 is 1.07 bits per heavy atom. The molecular weight excluding hydrogens is 623 g/mol. The Balaban J connectivity index is 1.66. The lowest BCUT2D eigenvalue weighted by Gasteiger charge is -2.31. The SMILES string of the molecule is CCCNc1ccn(C2OC(COP(=O)(O)OP(=O)(O)OP(=O)(O)SC3CCCCC3)C(O)(O)C2(O)O)c(=O)n1. The van der Waals surface area contributed by atoms with Crippen LogP contribution in [0.2, 0.25) is 0 Å². The number of phosphoric acid groups is 2. The Hall–Kier alpha value is -0.720. The molecule has 1 aliphatic heterocycles. The molecule has 1 aromatic heterocycles. The summed E-state index contributed by atoms with van der Waals surface area (Å²) < 4.78 is 55.0. The van der Waals surface area contributed by atoms with Crippen molar-refractivity contribution < 1.29 is 66.7 Å². The van der Waals surface area contributed by atoms with Crippen molar-refractivity contribution >= 4 is 39.6 Å². The van der Waals surface area contributed by atoms with Crippen LogP contribution in [0.25, 0.3) is 0 Å². The number of phosphoric ester groups is 1. The molecule has 2 aliphatic rings. The zero-order chi connectivity index (χ0) is 30.0. The normalized spacial score (nSPS) is 27.4. The van der Waals surface area contributed by atoms with Gasteiger partial charge in [-0.25, -0.2) is 18.5 Å². The van der Waals surface area contributed by atoms with Gasteiger partial charge in [0.15, 0.2) is 6.23 Å². The molecule has 2 heterocycles. The zero-order valence-electron chi connectivity index (χ0n) is 21.1. The van der Waals surface area contributed by atoms with Crippen LogP contribution in [0.1, 0.15) is 51.7 Å². The van der Waals surface area contributed by atoms with E-state index in [-0.39, 0.29) is 11.1 Å². The minimum Gasteiger partial charge on any atom is -0.370 e. The minimum absolute atomic E-state index is 0.139. The van der Waals surface area contributed by atoms with Gasteiger partial charge in [0.05, 0.1) is 6.61 Å². The van der Waals surface area contributed by atoms with Gasteiger partial charge in [-0.3, -0.25) is 9.09 Å². The maximum atomic E-state index is 12.4. The van der Waals surface area contributed by atoms with Crippen molar-refractivity contribution in [3.8, 4) is 0 Å². The Morgan fingerprint density at radius 3 is 2.33 bits per heavy atom. The molecule has 230 valence electrons. The molecule has 1 saturated carbocycles. The van der Waals surface area contributed by atoms with Crippen molar-refractivity contribution in [1.82, 2.24) is 9.55 Å². The molecule has 0 bridgehead atoms. The van der Waals surface area contributed by atoms with E-state index in [0.29, 0.717) is 41.8 Å². The molecule has 22 heteroatoms. The van der Waals surface area contributed by atoms with Gasteiger partial charge in [-0.1, -0.05) is 26.2 Å². The van der Waals surface area contributed by atoms with Crippen LogP contribution >= 0.6 is 33.8 Å². The molecule has 0 amide bonds. The van der Waals surface area contributed by atoms with E-state index in [1.165, 1.54) is 6.07 Å². The molecule has 8 N–H and O–H groups in total. The largest absolute Gasteiger partial charge is 0.488 e. The smallest absolute Gasteiger partial charge is 0.370 e. The number of hydrogen-bond acceptors (Lipinski definition) is 15. The molecule has 18 nitrogen and oxygen atoms in total. The fraction of sp³-hybridized carbons (Fsp3) is 0.778. The predicted octanol–water partition coefficient (Wildman–Crippen LogP) is 0.741.